The van der Waals surface area contributed by atoms with Crippen molar-refractivity contribution in [1.29, 1.82) is 0 Å². The van der Waals surface area contributed by atoms with E-state index in [0.717, 1.165) is 11.3 Å². The largest absolute Gasteiger partial charge is 0.480 e. The number of hydrogen-bond acceptors (Lipinski definition) is 3. The van der Waals surface area contributed by atoms with Gasteiger partial charge in [0.2, 0.25) is 0 Å². The topological polar surface area (TPSA) is 69.6 Å². The minimum atomic E-state index is -0.995. The lowest BCUT2D eigenvalue weighted by Crippen LogP contribution is -2.45. The number of carbonyl (C=O) groups is 2. The zero-order valence-corrected chi connectivity index (χ0v) is 12.9. The summed E-state index contributed by atoms with van der Waals surface area (Å²) in [5.74, 6) is -0.771. The summed E-state index contributed by atoms with van der Waals surface area (Å²) in [5.41, 5.74) is 0. The first-order valence-corrected chi connectivity index (χ1v) is 7.62. The minimum Gasteiger partial charge on any atom is -0.480 e. The number of aliphatic carboxylic acids is 1. The van der Waals surface area contributed by atoms with Gasteiger partial charge in [-0.1, -0.05) is 26.8 Å². The van der Waals surface area contributed by atoms with E-state index in [4.69, 9.17) is 5.11 Å². The van der Waals surface area contributed by atoms with Crippen LogP contribution in [0.4, 0.5) is 4.79 Å². The molecule has 2 amide bonds. The summed E-state index contributed by atoms with van der Waals surface area (Å²) in [5, 5.41) is 13.8. The monoisotopic (exact) mass is 298 g/mol. The van der Waals surface area contributed by atoms with Crippen LogP contribution in [-0.2, 0) is 4.79 Å². The number of carboxylic acid groups (broad SMARTS) is 1. The average molecular weight is 298 g/mol. The van der Waals surface area contributed by atoms with Gasteiger partial charge >= 0.3 is 12.0 Å². The van der Waals surface area contributed by atoms with Crippen LogP contribution in [0.1, 0.15) is 38.1 Å². The van der Waals surface area contributed by atoms with Crippen molar-refractivity contribution >= 4 is 23.3 Å². The Morgan fingerprint density at radius 1 is 1.45 bits per heavy atom. The molecule has 0 aliphatic carbocycles. The van der Waals surface area contributed by atoms with Gasteiger partial charge in [0.15, 0.2) is 0 Å². The van der Waals surface area contributed by atoms with E-state index in [9.17, 15) is 9.59 Å². The molecular formula is C14H22N2O3S. The number of carbonyl (C=O) groups excluding carboxylic acids is 1. The Morgan fingerprint density at radius 3 is 2.60 bits per heavy atom. The molecule has 0 radical (unpaired) electrons. The maximum Gasteiger partial charge on any atom is 0.323 e. The van der Waals surface area contributed by atoms with E-state index in [2.05, 4.69) is 5.32 Å². The zero-order valence-electron chi connectivity index (χ0n) is 12.1. The van der Waals surface area contributed by atoms with Gasteiger partial charge in [0, 0.05) is 11.4 Å². The first-order valence-electron chi connectivity index (χ1n) is 6.74. The maximum atomic E-state index is 12.2. The molecule has 2 N–H and O–H groups in total. The fraction of sp³-hybridized carbons (Fsp3) is 0.571. The Balaban J connectivity index is 2.70. The first-order chi connectivity index (χ1) is 9.43. The molecule has 112 valence electrons. The lowest BCUT2D eigenvalue weighted by Gasteiger charge is -2.26. The van der Waals surface area contributed by atoms with Gasteiger partial charge in [-0.25, -0.2) is 4.79 Å². The molecular weight excluding hydrogens is 276 g/mol. The van der Waals surface area contributed by atoms with Crippen LogP contribution in [0.5, 0.6) is 0 Å². The summed E-state index contributed by atoms with van der Waals surface area (Å²) in [7, 11) is 0. The van der Waals surface area contributed by atoms with Gasteiger partial charge in [0.05, 0.1) is 6.04 Å². The van der Waals surface area contributed by atoms with Crippen LogP contribution in [0.25, 0.3) is 0 Å². The molecule has 0 spiro atoms. The van der Waals surface area contributed by atoms with Crippen LogP contribution in [0, 0.1) is 5.92 Å². The number of hydrogen-bond donors (Lipinski definition) is 2. The molecule has 1 heterocycles. The molecule has 1 unspecified atom stereocenters. The summed E-state index contributed by atoms with van der Waals surface area (Å²) in [6.07, 6.45) is 0.773. The maximum absolute atomic E-state index is 12.2. The molecule has 0 aliphatic rings. The van der Waals surface area contributed by atoms with E-state index < -0.39 is 5.97 Å². The number of rotatable bonds is 7. The van der Waals surface area contributed by atoms with Crippen molar-refractivity contribution in [2.75, 3.05) is 13.1 Å². The Labute approximate surface area is 123 Å². The number of amides is 2. The van der Waals surface area contributed by atoms with Crippen molar-refractivity contribution in [2.45, 2.75) is 33.2 Å². The van der Waals surface area contributed by atoms with Gasteiger partial charge in [-0.15, -0.1) is 11.3 Å². The molecule has 0 saturated heterocycles. The second-order valence-electron chi connectivity index (χ2n) is 5.09. The standard InChI is InChI=1S/C14H22N2O3S/c1-4-11(12-6-5-7-20-12)15-14(19)16(8-10(2)3)9-13(17)18/h5-7,10-11H,4,8-9H2,1-3H3,(H,15,19)(H,17,18). The van der Waals surface area contributed by atoms with Crippen molar-refractivity contribution < 1.29 is 14.7 Å². The summed E-state index contributed by atoms with van der Waals surface area (Å²) >= 11 is 1.59. The van der Waals surface area contributed by atoms with Crippen molar-refractivity contribution in [3.05, 3.63) is 22.4 Å². The van der Waals surface area contributed by atoms with E-state index >= 15 is 0 Å². The Morgan fingerprint density at radius 2 is 2.15 bits per heavy atom. The molecule has 6 heteroatoms. The first kappa shape index (κ1) is 16.5. The average Bonchev–Trinajstić information content (AvgIpc) is 2.87. The normalized spacial score (nSPS) is 12.2. The third-order valence-corrected chi connectivity index (χ3v) is 3.78. The highest BCUT2D eigenvalue weighted by Crippen LogP contribution is 2.21. The second-order valence-corrected chi connectivity index (χ2v) is 6.07. The molecule has 1 aromatic heterocycles. The lowest BCUT2D eigenvalue weighted by molar-refractivity contribution is -0.137. The van der Waals surface area contributed by atoms with Crippen molar-refractivity contribution in [3.8, 4) is 0 Å². The Hall–Kier alpha value is -1.56. The van der Waals surface area contributed by atoms with E-state index in [1.165, 1.54) is 4.90 Å². The quantitative estimate of drug-likeness (QED) is 0.813. The fourth-order valence-electron chi connectivity index (χ4n) is 1.93. The van der Waals surface area contributed by atoms with Crippen molar-refractivity contribution in [2.24, 2.45) is 5.92 Å². The highest BCUT2D eigenvalue weighted by Gasteiger charge is 2.21. The molecule has 20 heavy (non-hydrogen) atoms. The number of urea groups is 1. The molecule has 5 nitrogen and oxygen atoms in total. The number of carboxylic acids is 1. The number of nitrogens with one attached hydrogen (secondary N) is 1. The predicted molar refractivity (Wildman–Crippen MR) is 79.9 cm³/mol. The molecule has 0 bridgehead atoms. The van der Waals surface area contributed by atoms with E-state index in [1.54, 1.807) is 11.3 Å². The van der Waals surface area contributed by atoms with E-state index in [-0.39, 0.29) is 24.5 Å². The van der Waals surface area contributed by atoms with Gasteiger partial charge in [-0.05, 0) is 23.8 Å². The molecule has 0 aromatic carbocycles. The summed E-state index contributed by atoms with van der Waals surface area (Å²) in [6, 6.07) is 3.54. The van der Waals surface area contributed by atoms with E-state index in [0.29, 0.717) is 6.54 Å². The summed E-state index contributed by atoms with van der Waals surface area (Å²) in [6.45, 7) is 6.07. The van der Waals surface area contributed by atoms with Crippen LogP contribution >= 0.6 is 11.3 Å². The third-order valence-electron chi connectivity index (χ3n) is 2.79. The van der Waals surface area contributed by atoms with Crippen LogP contribution in [-0.4, -0.2) is 35.1 Å². The van der Waals surface area contributed by atoms with Gasteiger partial charge in [0.25, 0.3) is 0 Å². The smallest absolute Gasteiger partial charge is 0.323 e. The number of thiophene rings is 1. The Kier molecular flexibility index (Phi) is 6.51. The van der Waals surface area contributed by atoms with Crippen LogP contribution in [0.2, 0.25) is 0 Å². The van der Waals surface area contributed by atoms with Gasteiger partial charge in [-0.3, -0.25) is 4.79 Å². The fourth-order valence-corrected chi connectivity index (χ4v) is 2.79. The molecule has 0 saturated carbocycles. The van der Waals surface area contributed by atoms with Crippen LogP contribution in [0.15, 0.2) is 17.5 Å². The summed E-state index contributed by atoms with van der Waals surface area (Å²) < 4.78 is 0. The highest BCUT2D eigenvalue weighted by molar-refractivity contribution is 7.10. The van der Waals surface area contributed by atoms with Crippen molar-refractivity contribution in [3.63, 3.8) is 0 Å². The lowest BCUT2D eigenvalue weighted by atomic mass is 10.2. The Bertz CT molecular complexity index is 432. The van der Waals surface area contributed by atoms with Crippen LogP contribution in [0.3, 0.4) is 0 Å². The molecule has 1 aromatic rings. The van der Waals surface area contributed by atoms with Gasteiger partial charge < -0.3 is 15.3 Å². The third kappa shape index (κ3) is 5.21. The van der Waals surface area contributed by atoms with Gasteiger partial charge in [-0.2, -0.15) is 0 Å². The van der Waals surface area contributed by atoms with Crippen molar-refractivity contribution in [1.82, 2.24) is 10.2 Å². The van der Waals surface area contributed by atoms with E-state index in [1.807, 2.05) is 38.3 Å². The SMILES string of the molecule is CCC(NC(=O)N(CC(=O)O)CC(C)C)c1cccs1. The van der Waals surface area contributed by atoms with Gasteiger partial charge in [0.1, 0.15) is 6.54 Å². The minimum absolute atomic E-state index is 0.0639. The highest BCUT2D eigenvalue weighted by atomic mass is 32.1. The zero-order chi connectivity index (χ0) is 15.1. The molecule has 0 aliphatic heterocycles. The second kappa shape index (κ2) is 7.89. The molecule has 1 rings (SSSR count). The molecule has 1 atom stereocenters. The number of nitrogens with zero attached hydrogens (tertiary/aromatic N) is 1. The summed E-state index contributed by atoms with van der Waals surface area (Å²) in [4.78, 5) is 25.5. The molecule has 0 fully saturated rings. The predicted octanol–water partition coefficient (Wildman–Crippen LogP) is 2.95. The van der Waals surface area contributed by atoms with Crippen LogP contribution < -0.4 is 5.32 Å².